The summed E-state index contributed by atoms with van der Waals surface area (Å²) in [4.78, 5) is 24.5. The summed E-state index contributed by atoms with van der Waals surface area (Å²) in [6.07, 6.45) is -4.35. The molecule has 0 bridgehead atoms. The minimum absolute atomic E-state index is 0.0562. The molecule has 1 heterocycles. The number of carbonyl (C=O) groups excluding carboxylic acids is 2. The number of rotatable bonds is 2. The van der Waals surface area contributed by atoms with Gasteiger partial charge in [-0.05, 0) is 35.2 Å². The second kappa shape index (κ2) is 5.24. The van der Waals surface area contributed by atoms with Crippen LogP contribution < -0.4 is 5.32 Å². The van der Waals surface area contributed by atoms with Gasteiger partial charge in [-0.3, -0.25) is 9.59 Å². The average Bonchev–Trinajstić information content (AvgIpc) is 3.04. The predicted octanol–water partition coefficient (Wildman–Crippen LogP) is 3.82. The van der Waals surface area contributed by atoms with Crippen molar-refractivity contribution in [2.24, 2.45) is 0 Å². The highest BCUT2D eigenvalue weighted by molar-refractivity contribution is 7.12. The van der Waals surface area contributed by atoms with E-state index in [0.717, 1.165) is 17.7 Å². The van der Waals surface area contributed by atoms with Crippen LogP contribution in [0.4, 0.5) is 13.2 Å². The first-order valence-electron chi connectivity index (χ1n) is 6.45. The Morgan fingerprint density at radius 2 is 2.05 bits per heavy atom. The molecule has 1 amide bonds. The lowest BCUT2D eigenvalue weighted by Crippen LogP contribution is -2.27. The Morgan fingerprint density at radius 3 is 2.77 bits per heavy atom. The monoisotopic (exact) mass is 325 g/mol. The maximum absolute atomic E-state index is 12.7. The van der Waals surface area contributed by atoms with E-state index < -0.39 is 23.7 Å². The average molecular weight is 325 g/mol. The van der Waals surface area contributed by atoms with Crippen molar-refractivity contribution >= 4 is 23.0 Å². The van der Waals surface area contributed by atoms with E-state index in [2.05, 4.69) is 5.32 Å². The van der Waals surface area contributed by atoms with Gasteiger partial charge in [-0.15, -0.1) is 11.3 Å². The fourth-order valence-corrected chi connectivity index (χ4v) is 3.33. The Balaban J connectivity index is 1.81. The third-order valence-corrected chi connectivity index (χ3v) is 4.44. The minimum atomic E-state index is -4.50. The van der Waals surface area contributed by atoms with Gasteiger partial charge in [0.15, 0.2) is 5.78 Å². The molecule has 1 aromatic heterocycles. The molecule has 0 saturated heterocycles. The Morgan fingerprint density at radius 1 is 1.27 bits per heavy atom. The van der Waals surface area contributed by atoms with E-state index in [9.17, 15) is 22.8 Å². The molecule has 1 aromatic carbocycles. The van der Waals surface area contributed by atoms with Crippen molar-refractivity contribution in [1.82, 2.24) is 5.32 Å². The Kier molecular flexibility index (Phi) is 3.52. The Labute approximate surface area is 127 Å². The summed E-state index contributed by atoms with van der Waals surface area (Å²) in [6.45, 7) is 0. The third-order valence-electron chi connectivity index (χ3n) is 3.47. The number of fused-ring (bicyclic) bond motifs is 1. The normalized spacial score (nSPS) is 17.4. The van der Waals surface area contributed by atoms with Crippen LogP contribution in [0.2, 0.25) is 0 Å². The first-order chi connectivity index (χ1) is 10.4. The molecule has 0 unspecified atom stereocenters. The van der Waals surface area contributed by atoms with Crippen LogP contribution in [0.1, 0.15) is 43.6 Å². The van der Waals surface area contributed by atoms with Crippen molar-refractivity contribution < 1.29 is 22.8 Å². The molecular formula is C15H10F3NO2S. The molecule has 22 heavy (non-hydrogen) atoms. The second-order valence-corrected chi connectivity index (χ2v) is 5.85. The summed E-state index contributed by atoms with van der Waals surface area (Å²) in [5, 5.41) is 4.38. The second-order valence-electron chi connectivity index (χ2n) is 4.94. The van der Waals surface area contributed by atoms with Crippen molar-refractivity contribution in [3.05, 3.63) is 57.3 Å². The quantitative estimate of drug-likeness (QED) is 0.912. The molecule has 1 aliphatic rings. The number of Topliss-reactive ketones (excluding diaryl/α,β-unsaturated/α-hetero) is 1. The maximum Gasteiger partial charge on any atom is 0.416 e. The van der Waals surface area contributed by atoms with Gasteiger partial charge in [-0.1, -0.05) is 6.07 Å². The minimum Gasteiger partial charge on any atom is -0.345 e. The van der Waals surface area contributed by atoms with Crippen molar-refractivity contribution in [2.45, 2.75) is 18.6 Å². The summed E-state index contributed by atoms with van der Waals surface area (Å²) in [5.41, 5.74) is -0.222. The van der Waals surface area contributed by atoms with Crippen LogP contribution in [0.25, 0.3) is 0 Å². The Bertz CT molecular complexity index is 751. The fourth-order valence-electron chi connectivity index (χ4n) is 2.42. The van der Waals surface area contributed by atoms with E-state index in [-0.39, 0.29) is 17.8 Å². The molecule has 0 radical (unpaired) electrons. The summed E-state index contributed by atoms with van der Waals surface area (Å²) >= 11 is 1.30. The lowest BCUT2D eigenvalue weighted by atomic mass is 10.1. The largest absolute Gasteiger partial charge is 0.416 e. The number of hydrogen-bond donors (Lipinski definition) is 1. The van der Waals surface area contributed by atoms with Crippen LogP contribution in [-0.2, 0) is 6.18 Å². The zero-order valence-corrected chi connectivity index (χ0v) is 11.9. The van der Waals surface area contributed by atoms with E-state index in [4.69, 9.17) is 0 Å². The number of alkyl halides is 3. The van der Waals surface area contributed by atoms with Crippen LogP contribution >= 0.6 is 11.3 Å². The molecule has 0 aliphatic heterocycles. The lowest BCUT2D eigenvalue weighted by Gasteiger charge is -2.13. The molecule has 0 saturated carbocycles. The number of nitrogens with one attached hydrogen (secondary N) is 1. The van der Waals surface area contributed by atoms with Gasteiger partial charge in [-0.2, -0.15) is 13.2 Å². The zero-order valence-electron chi connectivity index (χ0n) is 11.1. The van der Waals surface area contributed by atoms with Gasteiger partial charge in [0.1, 0.15) is 0 Å². The van der Waals surface area contributed by atoms with Crippen molar-refractivity contribution in [1.29, 1.82) is 0 Å². The molecule has 1 aliphatic carbocycles. The van der Waals surface area contributed by atoms with E-state index >= 15 is 0 Å². The number of halogens is 3. The summed E-state index contributed by atoms with van der Waals surface area (Å²) in [5.74, 6) is -0.678. The summed E-state index contributed by atoms with van der Waals surface area (Å²) < 4.78 is 38.0. The molecule has 7 heteroatoms. The van der Waals surface area contributed by atoms with Crippen LogP contribution in [0.5, 0.6) is 0 Å². The number of carbonyl (C=O) groups is 2. The SMILES string of the molecule is O=C(N[C@@H]1CC(=O)c2sccc21)c1cccc(C(F)(F)F)c1. The lowest BCUT2D eigenvalue weighted by molar-refractivity contribution is -0.137. The number of amides is 1. The van der Waals surface area contributed by atoms with Crippen LogP contribution in [0.3, 0.4) is 0 Å². The fraction of sp³-hybridized carbons (Fsp3) is 0.200. The van der Waals surface area contributed by atoms with Gasteiger partial charge in [0.2, 0.25) is 0 Å². The van der Waals surface area contributed by atoms with Gasteiger partial charge < -0.3 is 5.32 Å². The molecule has 3 nitrogen and oxygen atoms in total. The van der Waals surface area contributed by atoms with Gasteiger partial charge >= 0.3 is 6.18 Å². The van der Waals surface area contributed by atoms with Crippen LogP contribution in [0.15, 0.2) is 35.7 Å². The molecule has 0 spiro atoms. The van der Waals surface area contributed by atoms with Crippen molar-refractivity contribution in [3.8, 4) is 0 Å². The highest BCUT2D eigenvalue weighted by atomic mass is 32.1. The van der Waals surface area contributed by atoms with E-state index in [1.165, 1.54) is 23.5 Å². The highest BCUT2D eigenvalue weighted by Gasteiger charge is 2.33. The zero-order chi connectivity index (χ0) is 15.9. The molecule has 2 aromatic rings. The maximum atomic E-state index is 12.7. The van der Waals surface area contributed by atoms with Gasteiger partial charge in [0, 0.05) is 12.0 Å². The molecule has 1 N–H and O–H groups in total. The van der Waals surface area contributed by atoms with Gasteiger partial charge in [-0.25, -0.2) is 0 Å². The Hall–Kier alpha value is -2.15. The number of thiophene rings is 1. The highest BCUT2D eigenvalue weighted by Crippen LogP contribution is 2.35. The summed E-state index contributed by atoms with van der Waals surface area (Å²) in [7, 11) is 0. The topological polar surface area (TPSA) is 46.2 Å². The first kappa shape index (κ1) is 14.8. The smallest absolute Gasteiger partial charge is 0.345 e. The molecule has 1 atom stereocenters. The van der Waals surface area contributed by atoms with Gasteiger partial charge in [0.05, 0.1) is 16.5 Å². The third kappa shape index (κ3) is 2.64. The number of benzene rings is 1. The van der Waals surface area contributed by atoms with Crippen molar-refractivity contribution in [3.63, 3.8) is 0 Å². The molecular weight excluding hydrogens is 315 g/mol. The van der Waals surface area contributed by atoms with Crippen LogP contribution in [0, 0.1) is 0 Å². The van der Waals surface area contributed by atoms with Crippen LogP contribution in [-0.4, -0.2) is 11.7 Å². The number of hydrogen-bond acceptors (Lipinski definition) is 3. The number of ketones is 1. The molecule has 0 fully saturated rings. The van der Waals surface area contributed by atoms with E-state index in [1.54, 1.807) is 11.4 Å². The van der Waals surface area contributed by atoms with Crippen molar-refractivity contribution in [2.75, 3.05) is 0 Å². The van der Waals surface area contributed by atoms with E-state index in [0.29, 0.717) is 4.88 Å². The standard InChI is InChI=1S/C15H10F3NO2S/c16-15(17,18)9-3-1-2-8(6-9)14(21)19-11-7-12(20)13-10(11)4-5-22-13/h1-6,11H,7H2,(H,19,21)/t11-/m1/s1. The predicted molar refractivity (Wildman–Crippen MR) is 74.9 cm³/mol. The first-order valence-corrected chi connectivity index (χ1v) is 7.33. The van der Waals surface area contributed by atoms with Gasteiger partial charge in [0.25, 0.3) is 5.91 Å². The van der Waals surface area contributed by atoms with E-state index in [1.807, 2.05) is 0 Å². The summed E-state index contributed by atoms with van der Waals surface area (Å²) in [6, 6.07) is 5.50. The molecule has 3 rings (SSSR count). The molecule has 114 valence electrons.